The van der Waals surface area contributed by atoms with Gasteiger partial charge in [0.05, 0.1) is 12.5 Å². The molecule has 0 bridgehead atoms. The van der Waals surface area contributed by atoms with E-state index < -0.39 is 12.0 Å². The summed E-state index contributed by atoms with van der Waals surface area (Å²) in [6.45, 7) is 2.25. The molecule has 3 heteroatoms. The normalized spacial score (nSPS) is 12.5. The zero-order valence-corrected chi connectivity index (χ0v) is 12.7. The van der Waals surface area contributed by atoms with Gasteiger partial charge in [0.15, 0.2) is 0 Å². The fraction of sp³-hybridized carbons (Fsp3) is 0.938. The molecule has 19 heavy (non-hydrogen) atoms. The van der Waals surface area contributed by atoms with Gasteiger partial charge >= 0.3 is 0 Å². The van der Waals surface area contributed by atoms with Crippen LogP contribution in [0.4, 0.5) is 0 Å². The SMILES string of the molecule is CCCCCCCCCCCCCC(O)CC(N)=O. The molecular weight excluding hydrogens is 238 g/mol. The number of hydrogen-bond acceptors (Lipinski definition) is 2. The molecule has 3 N–H and O–H groups in total. The fourth-order valence-electron chi connectivity index (χ4n) is 2.38. The first-order valence-electron chi connectivity index (χ1n) is 8.13. The first-order chi connectivity index (χ1) is 9.16. The summed E-state index contributed by atoms with van der Waals surface area (Å²) in [6, 6.07) is 0. The largest absolute Gasteiger partial charge is 0.393 e. The summed E-state index contributed by atoms with van der Waals surface area (Å²) in [4.78, 5) is 10.6. The van der Waals surface area contributed by atoms with E-state index in [0.29, 0.717) is 6.42 Å². The van der Waals surface area contributed by atoms with Gasteiger partial charge in [0.25, 0.3) is 0 Å². The zero-order valence-electron chi connectivity index (χ0n) is 12.7. The van der Waals surface area contributed by atoms with Gasteiger partial charge < -0.3 is 10.8 Å². The maximum atomic E-state index is 10.6. The predicted octanol–water partition coefficient (Wildman–Crippen LogP) is 3.92. The summed E-state index contributed by atoms with van der Waals surface area (Å²) in [6.07, 6.45) is 14.6. The molecule has 0 saturated heterocycles. The topological polar surface area (TPSA) is 63.3 Å². The van der Waals surface area contributed by atoms with E-state index in [1.165, 1.54) is 57.8 Å². The highest BCUT2D eigenvalue weighted by Gasteiger charge is 2.06. The van der Waals surface area contributed by atoms with Crippen LogP contribution in [0.1, 0.15) is 90.4 Å². The number of hydrogen-bond donors (Lipinski definition) is 2. The van der Waals surface area contributed by atoms with Crippen LogP contribution < -0.4 is 5.73 Å². The summed E-state index contributed by atoms with van der Waals surface area (Å²) >= 11 is 0. The molecule has 114 valence electrons. The molecule has 0 spiro atoms. The minimum absolute atomic E-state index is 0.109. The molecule has 1 unspecified atom stereocenters. The van der Waals surface area contributed by atoms with Crippen LogP contribution in [0.2, 0.25) is 0 Å². The Kier molecular flexibility index (Phi) is 13.4. The Morgan fingerprint density at radius 1 is 0.895 bits per heavy atom. The lowest BCUT2D eigenvalue weighted by molar-refractivity contribution is -0.119. The number of carbonyl (C=O) groups excluding carboxylic acids is 1. The minimum atomic E-state index is -0.531. The summed E-state index contributed by atoms with van der Waals surface area (Å²) in [5.74, 6) is -0.407. The Labute approximate surface area is 119 Å². The first-order valence-corrected chi connectivity index (χ1v) is 8.13. The lowest BCUT2D eigenvalue weighted by Gasteiger charge is -2.07. The van der Waals surface area contributed by atoms with E-state index >= 15 is 0 Å². The second kappa shape index (κ2) is 13.9. The average molecular weight is 271 g/mol. The van der Waals surface area contributed by atoms with Gasteiger partial charge in [-0.15, -0.1) is 0 Å². The Morgan fingerprint density at radius 3 is 1.74 bits per heavy atom. The van der Waals surface area contributed by atoms with Crippen molar-refractivity contribution >= 4 is 5.91 Å². The highest BCUT2D eigenvalue weighted by atomic mass is 16.3. The highest BCUT2D eigenvalue weighted by Crippen LogP contribution is 2.13. The van der Waals surface area contributed by atoms with Crippen molar-refractivity contribution in [1.82, 2.24) is 0 Å². The van der Waals surface area contributed by atoms with Crippen LogP contribution in [-0.2, 0) is 4.79 Å². The summed E-state index contributed by atoms with van der Waals surface area (Å²) in [5, 5.41) is 9.46. The molecule has 0 radical (unpaired) electrons. The Balaban J connectivity index is 3.08. The van der Waals surface area contributed by atoms with E-state index in [4.69, 9.17) is 5.73 Å². The standard InChI is InChI=1S/C16H33NO2/c1-2-3-4-5-6-7-8-9-10-11-12-13-15(18)14-16(17)19/h15,18H,2-14H2,1H3,(H2,17,19). The van der Waals surface area contributed by atoms with Crippen LogP contribution in [0.5, 0.6) is 0 Å². The van der Waals surface area contributed by atoms with Crippen LogP contribution >= 0.6 is 0 Å². The molecule has 0 aliphatic carbocycles. The Bertz CT molecular complexity index is 207. The van der Waals surface area contributed by atoms with E-state index in [1.807, 2.05) is 0 Å². The lowest BCUT2D eigenvalue weighted by Crippen LogP contribution is -2.19. The number of amides is 1. The van der Waals surface area contributed by atoms with Crippen molar-refractivity contribution in [2.75, 3.05) is 0 Å². The van der Waals surface area contributed by atoms with Crippen LogP contribution in [0.15, 0.2) is 0 Å². The molecule has 0 fully saturated rings. The molecular formula is C16H33NO2. The van der Waals surface area contributed by atoms with Crippen LogP contribution in [-0.4, -0.2) is 17.1 Å². The van der Waals surface area contributed by atoms with Gasteiger partial charge in [-0.25, -0.2) is 0 Å². The molecule has 3 nitrogen and oxygen atoms in total. The monoisotopic (exact) mass is 271 g/mol. The van der Waals surface area contributed by atoms with Crippen molar-refractivity contribution in [2.24, 2.45) is 5.73 Å². The molecule has 0 saturated carbocycles. The number of aliphatic hydroxyl groups excluding tert-OH is 1. The van der Waals surface area contributed by atoms with Crippen molar-refractivity contribution in [3.8, 4) is 0 Å². The Hall–Kier alpha value is -0.570. The third kappa shape index (κ3) is 15.4. The number of rotatable bonds is 14. The summed E-state index contributed by atoms with van der Waals surface area (Å²) in [5.41, 5.74) is 5.02. The molecule has 0 aliphatic heterocycles. The predicted molar refractivity (Wildman–Crippen MR) is 80.9 cm³/mol. The van der Waals surface area contributed by atoms with Crippen molar-refractivity contribution in [1.29, 1.82) is 0 Å². The summed E-state index contributed by atoms with van der Waals surface area (Å²) in [7, 11) is 0. The van der Waals surface area contributed by atoms with Crippen molar-refractivity contribution in [2.45, 2.75) is 96.5 Å². The maximum absolute atomic E-state index is 10.6. The van der Waals surface area contributed by atoms with Crippen LogP contribution in [0, 0.1) is 0 Å². The van der Waals surface area contributed by atoms with E-state index in [9.17, 15) is 9.90 Å². The second-order valence-corrected chi connectivity index (χ2v) is 5.65. The minimum Gasteiger partial charge on any atom is -0.393 e. The van der Waals surface area contributed by atoms with E-state index in [-0.39, 0.29) is 6.42 Å². The first kappa shape index (κ1) is 18.4. The van der Waals surface area contributed by atoms with Crippen LogP contribution in [0.25, 0.3) is 0 Å². The molecule has 1 atom stereocenters. The molecule has 0 aromatic heterocycles. The molecule has 0 aromatic rings. The average Bonchev–Trinajstić information content (AvgIpc) is 2.35. The van der Waals surface area contributed by atoms with Crippen molar-refractivity contribution in [3.63, 3.8) is 0 Å². The summed E-state index contributed by atoms with van der Waals surface area (Å²) < 4.78 is 0. The van der Waals surface area contributed by atoms with Gasteiger partial charge in [0.1, 0.15) is 0 Å². The smallest absolute Gasteiger partial charge is 0.220 e. The zero-order chi connectivity index (χ0) is 14.3. The van der Waals surface area contributed by atoms with E-state index in [0.717, 1.165) is 12.8 Å². The van der Waals surface area contributed by atoms with Gasteiger partial charge in [-0.2, -0.15) is 0 Å². The molecule has 0 heterocycles. The van der Waals surface area contributed by atoms with Crippen molar-refractivity contribution < 1.29 is 9.90 Å². The van der Waals surface area contributed by atoms with Gasteiger partial charge in [-0.05, 0) is 6.42 Å². The van der Waals surface area contributed by atoms with Gasteiger partial charge in [-0.1, -0.05) is 77.6 Å². The Morgan fingerprint density at radius 2 is 1.32 bits per heavy atom. The second-order valence-electron chi connectivity index (χ2n) is 5.65. The molecule has 0 aliphatic rings. The lowest BCUT2D eigenvalue weighted by atomic mass is 10.0. The van der Waals surface area contributed by atoms with Crippen LogP contribution in [0.3, 0.4) is 0 Å². The fourth-order valence-corrected chi connectivity index (χ4v) is 2.38. The third-order valence-electron chi connectivity index (χ3n) is 3.58. The van der Waals surface area contributed by atoms with Crippen molar-refractivity contribution in [3.05, 3.63) is 0 Å². The number of carbonyl (C=O) groups is 1. The number of unbranched alkanes of at least 4 members (excludes halogenated alkanes) is 10. The van der Waals surface area contributed by atoms with Gasteiger partial charge in [-0.3, -0.25) is 4.79 Å². The van der Waals surface area contributed by atoms with E-state index in [1.54, 1.807) is 0 Å². The third-order valence-corrected chi connectivity index (χ3v) is 3.58. The maximum Gasteiger partial charge on any atom is 0.220 e. The van der Waals surface area contributed by atoms with Gasteiger partial charge in [0, 0.05) is 0 Å². The highest BCUT2D eigenvalue weighted by molar-refractivity contribution is 5.74. The molecule has 1 amide bonds. The quantitative estimate of drug-likeness (QED) is 0.470. The number of aliphatic hydroxyl groups is 1. The van der Waals surface area contributed by atoms with Gasteiger partial charge in [0.2, 0.25) is 5.91 Å². The number of nitrogens with two attached hydrogens (primary N) is 1. The molecule has 0 rings (SSSR count). The number of primary amides is 1. The molecule has 0 aromatic carbocycles. The van der Waals surface area contributed by atoms with E-state index in [2.05, 4.69) is 6.92 Å².